The van der Waals surface area contributed by atoms with Gasteiger partial charge in [-0.3, -0.25) is 9.69 Å². The molecule has 1 aliphatic rings. The highest BCUT2D eigenvalue weighted by molar-refractivity contribution is 6.29. The number of carbonyl (C=O) groups excluding carboxylic acids is 1. The number of likely N-dealkylation sites (N-methyl/N-ethyl adjacent to an activating group) is 1. The maximum absolute atomic E-state index is 12.3. The molecule has 1 aliphatic heterocycles. The third kappa shape index (κ3) is 4.16. The molecular formula is C14H21ClN4O. The van der Waals surface area contributed by atoms with Crippen molar-refractivity contribution >= 4 is 17.5 Å². The average molecular weight is 297 g/mol. The number of piperazine rings is 1. The lowest BCUT2D eigenvalue weighted by molar-refractivity contribution is 0.0629. The Bertz CT molecular complexity index is 458. The van der Waals surface area contributed by atoms with Gasteiger partial charge in [-0.15, -0.1) is 0 Å². The second kappa shape index (κ2) is 7.02. The summed E-state index contributed by atoms with van der Waals surface area (Å²) in [6.45, 7) is 5.50. The van der Waals surface area contributed by atoms with E-state index in [-0.39, 0.29) is 5.91 Å². The van der Waals surface area contributed by atoms with Crippen molar-refractivity contribution in [2.45, 2.75) is 0 Å². The number of carbonyl (C=O) groups is 1. The summed E-state index contributed by atoms with van der Waals surface area (Å²) in [7, 11) is 4.15. The average Bonchev–Trinajstić information content (AvgIpc) is 2.45. The van der Waals surface area contributed by atoms with Crippen molar-refractivity contribution in [1.29, 1.82) is 0 Å². The molecule has 110 valence electrons. The van der Waals surface area contributed by atoms with Crippen molar-refractivity contribution in [3.05, 3.63) is 29.0 Å². The molecule has 2 rings (SSSR count). The van der Waals surface area contributed by atoms with E-state index in [0.717, 1.165) is 39.3 Å². The SMILES string of the molecule is CN(C)CCN1CCN(C(=O)c2ccnc(Cl)c2)CC1. The molecule has 1 aromatic heterocycles. The largest absolute Gasteiger partial charge is 0.336 e. The Balaban J connectivity index is 1.86. The van der Waals surface area contributed by atoms with Gasteiger partial charge < -0.3 is 9.80 Å². The summed E-state index contributed by atoms with van der Waals surface area (Å²) in [4.78, 5) is 22.7. The summed E-state index contributed by atoms with van der Waals surface area (Å²) in [5.41, 5.74) is 0.617. The molecule has 0 saturated carbocycles. The van der Waals surface area contributed by atoms with Gasteiger partial charge in [0.05, 0.1) is 0 Å². The monoisotopic (exact) mass is 296 g/mol. The van der Waals surface area contributed by atoms with Gasteiger partial charge in [0.1, 0.15) is 5.15 Å². The molecule has 0 N–H and O–H groups in total. The molecule has 20 heavy (non-hydrogen) atoms. The van der Waals surface area contributed by atoms with E-state index in [2.05, 4.69) is 28.9 Å². The van der Waals surface area contributed by atoms with E-state index in [1.165, 1.54) is 0 Å². The third-order valence-corrected chi connectivity index (χ3v) is 3.70. The fourth-order valence-electron chi connectivity index (χ4n) is 2.23. The Kier molecular flexibility index (Phi) is 5.34. The van der Waals surface area contributed by atoms with Crippen LogP contribution in [-0.2, 0) is 0 Å². The molecule has 6 heteroatoms. The fourth-order valence-corrected chi connectivity index (χ4v) is 2.41. The van der Waals surface area contributed by atoms with Crippen LogP contribution in [0.4, 0.5) is 0 Å². The summed E-state index contributed by atoms with van der Waals surface area (Å²) < 4.78 is 0. The zero-order chi connectivity index (χ0) is 14.5. The second-order valence-electron chi connectivity index (χ2n) is 5.30. The Morgan fingerprint density at radius 2 is 2.05 bits per heavy atom. The molecule has 0 atom stereocenters. The number of nitrogens with zero attached hydrogens (tertiary/aromatic N) is 4. The van der Waals surface area contributed by atoms with Crippen molar-refractivity contribution in [3.8, 4) is 0 Å². The van der Waals surface area contributed by atoms with Gasteiger partial charge in [-0.2, -0.15) is 0 Å². The predicted octanol–water partition coefficient (Wildman–Crippen LogP) is 1.05. The first-order valence-corrected chi connectivity index (χ1v) is 7.22. The summed E-state index contributed by atoms with van der Waals surface area (Å²) in [6, 6.07) is 3.34. The van der Waals surface area contributed by atoms with E-state index in [1.54, 1.807) is 18.3 Å². The van der Waals surface area contributed by atoms with Gasteiger partial charge in [0.25, 0.3) is 5.91 Å². The van der Waals surface area contributed by atoms with Crippen LogP contribution in [0.1, 0.15) is 10.4 Å². The van der Waals surface area contributed by atoms with Crippen molar-refractivity contribution in [2.24, 2.45) is 0 Å². The molecule has 1 aromatic rings. The van der Waals surface area contributed by atoms with Crippen LogP contribution >= 0.6 is 11.6 Å². The van der Waals surface area contributed by atoms with Gasteiger partial charge in [-0.25, -0.2) is 4.98 Å². The van der Waals surface area contributed by atoms with Gasteiger partial charge in [-0.05, 0) is 26.2 Å². The van der Waals surface area contributed by atoms with Gasteiger partial charge in [0.15, 0.2) is 0 Å². The lowest BCUT2D eigenvalue weighted by Gasteiger charge is -2.35. The lowest BCUT2D eigenvalue weighted by atomic mass is 10.2. The minimum absolute atomic E-state index is 0.0431. The Morgan fingerprint density at radius 3 is 2.65 bits per heavy atom. The molecule has 0 bridgehead atoms. The number of halogens is 1. The van der Waals surface area contributed by atoms with Crippen LogP contribution in [0.25, 0.3) is 0 Å². The van der Waals surface area contributed by atoms with E-state index in [0.29, 0.717) is 10.7 Å². The number of pyridine rings is 1. The summed E-state index contributed by atoms with van der Waals surface area (Å²) in [5.74, 6) is 0.0431. The van der Waals surface area contributed by atoms with Crippen LogP contribution in [0.5, 0.6) is 0 Å². The first-order chi connectivity index (χ1) is 9.56. The minimum Gasteiger partial charge on any atom is -0.336 e. The highest BCUT2D eigenvalue weighted by atomic mass is 35.5. The van der Waals surface area contributed by atoms with Crippen LogP contribution in [0.2, 0.25) is 5.15 Å². The first kappa shape index (κ1) is 15.2. The van der Waals surface area contributed by atoms with E-state index >= 15 is 0 Å². The number of hydrogen-bond donors (Lipinski definition) is 0. The van der Waals surface area contributed by atoms with E-state index < -0.39 is 0 Å². The highest BCUT2D eigenvalue weighted by Crippen LogP contribution is 2.12. The molecule has 0 aliphatic carbocycles. The first-order valence-electron chi connectivity index (χ1n) is 6.84. The van der Waals surface area contributed by atoms with Crippen molar-refractivity contribution in [3.63, 3.8) is 0 Å². The molecule has 1 fully saturated rings. The molecule has 0 unspecified atom stereocenters. The van der Waals surface area contributed by atoms with E-state index in [4.69, 9.17) is 11.6 Å². The molecule has 1 saturated heterocycles. The predicted molar refractivity (Wildman–Crippen MR) is 80.1 cm³/mol. The molecule has 0 radical (unpaired) electrons. The minimum atomic E-state index is 0.0431. The lowest BCUT2D eigenvalue weighted by Crippen LogP contribution is -2.49. The summed E-state index contributed by atoms with van der Waals surface area (Å²) in [6.07, 6.45) is 1.57. The number of hydrogen-bond acceptors (Lipinski definition) is 4. The Hall–Kier alpha value is -1.17. The summed E-state index contributed by atoms with van der Waals surface area (Å²) >= 11 is 5.83. The molecule has 2 heterocycles. The van der Waals surface area contributed by atoms with E-state index in [1.807, 2.05) is 4.90 Å². The normalized spacial score (nSPS) is 16.7. The third-order valence-electron chi connectivity index (χ3n) is 3.50. The van der Waals surface area contributed by atoms with Crippen LogP contribution in [0.15, 0.2) is 18.3 Å². The molecule has 0 aromatic carbocycles. The Labute approximate surface area is 125 Å². The van der Waals surface area contributed by atoms with Gasteiger partial charge in [0.2, 0.25) is 0 Å². The zero-order valence-electron chi connectivity index (χ0n) is 12.0. The quantitative estimate of drug-likeness (QED) is 0.779. The van der Waals surface area contributed by atoms with Crippen LogP contribution < -0.4 is 0 Å². The second-order valence-corrected chi connectivity index (χ2v) is 5.69. The van der Waals surface area contributed by atoms with E-state index in [9.17, 15) is 4.79 Å². The van der Waals surface area contributed by atoms with Crippen LogP contribution in [0, 0.1) is 0 Å². The number of rotatable bonds is 4. The fraction of sp³-hybridized carbons (Fsp3) is 0.571. The van der Waals surface area contributed by atoms with Crippen molar-refractivity contribution < 1.29 is 4.79 Å². The Morgan fingerprint density at radius 1 is 1.35 bits per heavy atom. The standard InChI is InChI=1S/C14H21ClN4O/c1-17(2)5-6-18-7-9-19(10-8-18)14(20)12-3-4-16-13(15)11-12/h3-4,11H,5-10H2,1-2H3. The smallest absolute Gasteiger partial charge is 0.254 e. The van der Waals surface area contributed by atoms with Crippen molar-refractivity contribution in [2.75, 3.05) is 53.4 Å². The molecule has 5 nitrogen and oxygen atoms in total. The molecule has 0 spiro atoms. The maximum Gasteiger partial charge on any atom is 0.254 e. The maximum atomic E-state index is 12.3. The van der Waals surface area contributed by atoms with Gasteiger partial charge >= 0.3 is 0 Å². The van der Waals surface area contributed by atoms with Gasteiger partial charge in [0, 0.05) is 51.0 Å². The molecular weight excluding hydrogens is 276 g/mol. The number of amides is 1. The highest BCUT2D eigenvalue weighted by Gasteiger charge is 2.22. The van der Waals surface area contributed by atoms with Crippen LogP contribution in [0.3, 0.4) is 0 Å². The molecule has 1 amide bonds. The zero-order valence-corrected chi connectivity index (χ0v) is 12.8. The topological polar surface area (TPSA) is 39.7 Å². The van der Waals surface area contributed by atoms with Gasteiger partial charge in [-0.1, -0.05) is 11.6 Å². The summed E-state index contributed by atoms with van der Waals surface area (Å²) in [5, 5.41) is 0.362. The number of aromatic nitrogens is 1. The van der Waals surface area contributed by atoms with Crippen molar-refractivity contribution in [1.82, 2.24) is 19.7 Å². The van der Waals surface area contributed by atoms with Crippen LogP contribution in [-0.4, -0.2) is 79.0 Å².